The van der Waals surface area contributed by atoms with Gasteiger partial charge < -0.3 is 34.6 Å². The average Bonchev–Trinajstić information content (AvgIpc) is 3.15. The third kappa shape index (κ3) is 7.62. The summed E-state index contributed by atoms with van der Waals surface area (Å²) < 4.78 is 30.2. The lowest BCUT2D eigenvalue weighted by atomic mass is 10.2. The number of carbonyl (C=O) groups is 1. The number of carbonyl (C=O) groups excluding carboxylic acids is 1. The Hall–Kier alpha value is -4.28. The Morgan fingerprint density at radius 3 is 2.31 bits per heavy atom. The molecule has 2 heterocycles. The van der Waals surface area contributed by atoms with Crippen molar-refractivity contribution in [1.29, 1.82) is 0 Å². The van der Waals surface area contributed by atoms with Crippen LogP contribution in [0.5, 0.6) is 11.5 Å². The van der Waals surface area contributed by atoms with Crippen LogP contribution in [-0.2, 0) is 4.74 Å². The molecule has 11 heteroatoms. The summed E-state index contributed by atoms with van der Waals surface area (Å²) in [6.07, 6.45) is 0.425. The first-order valence-electron chi connectivity index (χ1n) is 12.8. The number of halogens is 1. The van der Waals surface area contributed by atoms with Gasteiger partial charge in [-0.25, -0.2) is 9.18 Å². The highest BCUT2D eigenvalue weighted by Gasteiger charge is 2.25. The van der Waals surface area contributed by atoms with Crippen LogP contribution in [0.4, 0.5) is 38.1 Å². The van der Waals surface area contributed by atoms with Gasteiger partial charge in [0.15, 0.2) is 11.6 Å². The summed E-state index contributed by atoms with van der Waals surface area (Å²) in [7, 11) is 3.03. The molecule has 0 unspecified atom stereocenters. The van der Waals surface area contributed by atoms with Gasteiger partial charge in [0.2, 0.25) is 5.95 Å². The Kier molecular flexibility index (Phi) is 8.58. The number of ether oxygens (including phenoxy) is 3. The Bertz CT molecular complexity index is 1280. The summed E-state index contributed by atoms with van der Waals surface area (Å²) in [5.41, 5.74) is 0.737. The molecule has 0 radical (unpaired) electrons. The van der Waals surface area contributed by atoms with Crippen molar-refractivity contribution < 1.29 is 23.4 Å². The normalized spacial score (nSPS) is 13.9. The first-order chi connectivity index (χ1) is 18.6. The maximum atomic E-state index is 14.3. The molecule has 10 nitrogen and oxygen atoms in total. The van der Waals surface area contributed by atoms with Crippen LogP contribution in [0.2, 0.25) is 0 Å². The number of aromatic nitrogens is 2. The minimum absolute atomic E-state index is 0.157. The van der Waals surface area contributed by atoms with Gasteiger partial charge >= 0.3 is 6.09 Å². The predicted octanol–water partition coefficient (Wildman–Crippen LogP) is 5.57. The van der Waals surface area contributed by atoms with Crippen LogP contribution in [-0.4, -0.2) is 67.0 Å². The summed E-state index contributed by atoms with van der Waals surface area (Å²) in [6, 6.07) is 13.8. The SMILES string of the molecule is COc1ccc(Nc2nc(Nc3ccc(OC)c(F)c3)cc(N3CCCN(C(=O)OC(C)(C)C)CC3)n2)cc1. The number of benzene rings is 2. The van der Waals surface area contributed by atoms with E-state index in [1.54, 1.807) is 24.1 Å². The molecule has 4 rings (SSSR count). The van der Waals surface area contributed by atoms with Gasteiger partial charge in [0.1, 0.15) is 23.0 Å². The number of anilines is 5. The summed E-state index contributed by atoms with van der Waals surface area (Å²) in [5.74, 6) is 1.92. The van der Waals surface area contributed by atoms with Gasteiger partial charge in [-0.3, -0.25) is 0 Å². The van der Waals surface area contributed by atoms with Gasteiger partial charge in [-0.1, -0.05) is 0 Å². The lowest BCUT2D eigenvalue weighted by molar-refractivity contribution is 0.0263. The van der Waals surface area contributed by atoms with Crippen molar-refractivity contribution in [2.24, 2.45) is 0 Å². The molecule has 1 aliphatic heterocycles. The van der Waals surface area contributed by atoms with Crippen LogP contribution in [0.1, 0.15) is 27.2 Å². The van der Waals surface area contributed by atoms with E-state index < -0.39 is 11.4 Å². The average molecular weight is 539 g/mol. The molecule has 1 fully saturated rings. The molecule has 2 N–H and O–H groups in total. The minimum Gasteiger partial charge on any atom is -0.497 e. The summed E-state index contributed by atoms with van der Waals surface area (Å²) in [6.45, 7) is 7.91. The third-order valence-corrected chi connectivity index (χ3v) is 5.95. The molecule has 0 saturated carbocycles. The van der Waals surface area contributed by atoms with E-state index >= 15 is 0 Å². The zero-order valence-corrected chi connectivity index (χ0v) is 23.0. The molecule has 0 aliphatic carbocycles. The number of rotatable bonds is 7. The molecule has 2 aromatic carbocycles. The van der Waals surface area contributed by atoms with Crippen molar-refractivity contribution in [2.75, 3.05) is 55.9 Å². The second-order valence-corrected chi connectivity index (χ2v) is 10.1. The molecule has 0 atom stereocenters. The molecule has 39 heavy (non-hydrogen) atoms. The summed E-state index contributed by atoms with van der Waals surface area (Å²) in [4.78, 5) is 25.8. The molecule has 208 valence electrons. The van der Waals surface area contributed by atoms with Crippen molar-refractivity contribution in [3.63, 3.8) is 0 Å². The summed E-state index contributed by atoms with van der Waals surface area (Å²) >= 11 is 0. The lowest BCUT2D eigenvalue weighted by Crippen LogP contribution is -2.39. The molecule has 3 aromatic rings. The molecule has 1 aliphatic rings. The predicted molar refractivity (Wildman–Crippen MR) is 149 cm³/mol. The van der Waals surface area contributed by atoms with E-state index in [0.29, 0.717) is 49.5 Å². The summed E-state index contributed by atoms with van der Waals surface area (Å²) in [5, 5.41) is 6.41. The topological polar surface area (TPSA) is 101 Å². The number of methoxy groups -OCH3 is 2. The van der Waals surface area contributed by atoms with Crippen molar-refractivity contribution >= 4 is 35.1 Å². The molecule has 1 aromatic heterocycles. The van der Waals surface area contributed by atoms with Crippen LogP contribution in [0, 0.1) is 5.82 Å². The molecular formula is C28H35FN6O4. The van der Waals surface area contributed by atoms with Crippen LogP contribution < -0.4 is 25.0 Å². The quantitative estimate of drug-likeness (QED) is 0.400. The lowest BCUT2D eigenvalue weighted by Gasteiger charge is -2.26. The maximum absolute atomic E-state index is 14.3. The molecule has 1 saturated heterocycles. The fourth-order valence-corrected chi connectivity index (χ4v) is 4.07. The van der Waals surface area contributed by atoms with Crippen LogP contribution >= 0.6 is 0 Å². The van der Waals surface area contributed by atoms with Crippen molar-refractivity contribution in [3.05, 3.63) is 54.3 Å². The number of hydrogen-bond acceptors (Lipinski definition) is 9. The van der Waals surface area contributed by atoms with Gasteiger partial charge in [-0.2, -0.15) is 9.97 Å². The highest BCUT2D eigenvalue weighted by atomic mass is 19.1. The smallest absolute Gasteiger partial charge is 0.410 e. The van der Waals surface area contributed by atoms with Crippen LogP contribution in [0.25, 0.3) is 0 Å². The Morgan fingerprint density at radius 2 is 1.64 bits per heavy atom. The van der Waals surface area contributed by atoms with Gasteiger partial charge in [-0.15, -0.1) is 0 Å². The van der Waals surface area contributed by atoms with E-state index in [0.717, 1.165) is 17.9 Å². The first-order valence-corrected chi connectivity index (χ1v) is 12.8. The number of hydrogen-bond donors (Lipinski definition) is 2. The highest BCUT2D eigenvalue weighted by molar-refractivity contribution is 5.68. The molecule has 0 spiro atoms. The van der Waals surface area contributed by atoms with E-state index in [1.165, 1.54) is 13.2 Å². The number of nitrogens with zero attached hydrogens (tertiary/aromatic N) is 4. The fourth-order valence-electron chi connectivity index (χ4n) is 4.07. The molecule has 0 bridgehead atoms. The van der Waals surface area contributed by atoms with E-state index in [1.807, 2.05) is 51.1 Å². The maximum Gasteiger partial charge on any atom is 0.410 e. The van der Waals surface area contributed by atoms with Gasteiger partial charge in [0.25, 0.3) is 0 Å². The van der Waals surface area contributed by atoms with E-state index in [-0.39, 0.29) is 11.8 Å². The Labute approximate surface area is 228 Å². The zero-order valence-electron chi connectivity index (χ0n) is 23.0. The largest absolute Gasteiger partial charge is 0.497 e. The second-order valence-electron chi connectivity index (χ2n) is 10.1. The monoisotopic (exact) mass is 538 g/mol. The highest BCUT2D eigenvalue weighted by Crippen LogP contribution is 2.27. The van der Waals surface area contributed by atoms with Crippen LogP contribution in [0.3, 0.4) is 0 Å². The van der Waals surface area contributed by atoms with Gasteiger partial charge in [-0.05, 0) is 63.6 Å². The van der Waals surface area contributed by atoms with E-state index in [4.69, 9.17) is 19.2 Å². The Balaban J connectivity index is 1.58. The van der Waals surface area contributed by atoms with Crippen molar-refractivity contribution in [1.82, 2.24) is 14.9 Å². The number of amides is 1. The third-order valence-electron chi connectivity index (χ3n) is 5.95. The van der Waals surface area contributed by atoms with Crippen molar-refractivity contribution in [3.8, 4) is 11.5 Å². The first kappa shape index (κ1) is 27.7. The fraction of sp³-hybridized carbons (Fsp3) is 0.393. The standard InChI is InChI=1S/C28H35FN6O4/c1-28(2,3)39-27(36)35-14-6-13-34(15-16-35)25-18-24(30-20-9-12-23(38-5)22(29)17-20)32-26(33-25)31-19-7-10-21(37-4)11-8-19/h7-12,17-18H,6,13-16H2,1-5H3,(H2,30,31,32,33). The molecule has 1 amide bonds. The second kappa shape index (κ2) is 12.1. The van der Waals surface area contributed by atoms with Crippen LogP contribution in [0.15, 0.2) is 48.5 Å². The zero-order chi connectivity index (χ0) is 28.0. The van der Waals surface area contributed by atoms with Crippen molar-refractivity contribution in [2.45, 2.75) is 32.8 Å². The Morgan fingerprint density at radius 1 is 0.897 bits per heavy atom. The van der Waals surface area contributed by atoms with E-state index in [2.05, 4.69) is 20.5 Å². The minimum atomic E-state index is -0.556. The van der Waals surface area contributed by atoms with Gasteiger partial charge in [0, 0.05) is 49.7 Å². The number of nitrogens with one attached hydrogen (secondary N) is 2. The van der Waals surface area contributed by atoms with Gasteiger partial charge in [0.05, 0.1) is 14.2 Å². The molecular weight excluding hydrogens is 503 g/mol. The van der Waals surface area contributed by atoms with E-state index in [9.17, 15) is 9.18 Å².